The Bertz CT molecular complexity index is 324. The Labute approximate surface area is 101 Å². The van der Waals surface area contributed by atoms with Gasteiger partial charge in [-0.05, 0) is 31.5 Å². The number of halogens is 2. The van der Waals surface area contributed by atoms with Crippen LogP contribution in [0.3, 0.4) is 0 Å². The number of nitrogens with one attached hydrogen (secondary N) is 1. The maximum absolute atomic E-state index is 5.81. The molecule has 1 atom stereocenters. The zero-order chi connectivity index (χ0) is 10.2. The number of hydrogen-bond donors (Lipinski definition) is 1. The molecule has 0 spiro atoms. The van der Waals surface area contributed by atoms with Crippen molar-refractivity contribution in [3.8, 4) is 0 Å². The highest BCUT2D eigenvalue weighted by Gasteiger charge is 2.31. The van der Waals surface area contributed by atoms with Crippen LogP contribution in [-0.4, -0.2) is 12.1 Å². The van der Waals surface area contributed by atoms with Crippen molar-refractivity contribution < 1.29 is 4.74 Å². The molecule has 1 aromatic carbocycles. The first-order valence-electron chi connectivity index (χ1n) is 4.72. The molecular weight excluding hydrogens is 233 g/mol. The van der Waals surface area contributed by atoms with Crippen molar-refractivity contribution in [3.05, 3.63) is 34.9 Å². The van der Waals surface area contributed by atoms with Gasteiger partial charge in [-0.15, -0.1) is 12.4 Å². The van der Waals surface area contributed by atoms with Gasteiger partial charge >= 0.3 is 0 Å². The Balaban J connectivity index is 0.00000112. The van der Waals surface area contributed by atoms with Gasteiger partial charge in [-0.2, -0.15) is 0 Å². The van der Waals surface area contributed by atoms with E-state index in [-0.39, 0.29) is 24.2 Å². The average molecular weight is 248 g/mol. The van der Waals surface area contributed by atoms with Gasteiger partial charge in [0.05, 0.1) is 6.61 Å². The molecule has 0 aromatic heterocycles. The quantitative estimate of drug-likeness (QED) is 0.824. The molecule has 1 fully saturated rings. The smallest absolute Gasteiger partial charge is 0.134 e. The minimum atomic E-state index is 0. The van der Waals surface area contributed by atoms with Gasteiger partial charge in [0, 0.05) is 10.6 Å². The molecule has 1 aliphatic heterocycles. The van der Waals surface area contributed by atoms with Crippen molar-refractivity contribution in [2.24, 2.45) is 0 Å². The lowest BCUT2D eigenvalue weighted by Gasteiger charge is -2.17. The average Bonchev–Trinajstić information content (AvgIpc) is 2.47. The van der Waals surface area contributed by atoms with Gasteiger partial charge in [0.2, 0.25) is 0 Å². The van der Waals surface area contributed by atoms with E-state index in [0.717, 1.165) is 17.2 Å². The van der Waals surface area contributed by atoms with Crippen LogP contribution >= 0.6 is 24.0 Å². The molecule has 4 heteroatoms. The molecule has 15 heavy (non-hydrogen) atoms. The summed E-state index contributed by atoms with van der Waals surface area (Å²) < 4.78 is 5.64. The summed E-state index contributed by atoms with van der Waals surface area (Å²) in [6.45, 7) is 4.99. The summed E-state index contributed by atoms with van der Waals surface area (Å²) in [5.74, 6) is 0. The summed E-state index contributed by atoms with van der Waals surface area (Å²) in [4.78, 5) is 0. The van der Waals surface area contributed by atoms with E-state index in [9.17, 15) is 0 Å². The lowest BCUT2D eigenvalue weighted by atomic mass is 10.1. The first-order valence-corrected chi connectivity index (χ1v) is 5.09. The molecule has 1 heterocycles. The lowest BCUT2D eigenvalue weighted by Crippen LogP contribution is -2.35. The number of benzene rings is 1. The van der Waals surface area contributed by atoms with E-state index < -0.39 is 0 Å². The highest BCUT2D eigenvalue weighted by atomic mass is 35.5. The summed E-state index contributed by atoms with van der Waals surface area (Å²) in [6, 6.07) is 7.74. The SMILES string of the molecule is CC1(C)COC(c2ccc(Cl)cc2)N1.Cl. The zero-order valence-electron chi connectivity index (χ0n) is 8.79. The van der Waals surface area contributed by atoms with Crippen LogP contribution in [0.1, 0.15) is 25.6 Å². The molecule has 1 unspecified atom stereocenters. The summed E-state index contributed by atoms with van der Waals surface area (Å²) >= 11 is 5.81. The molecule has 1 aromatic rings. The van der Waals surface area contributed by atoms with Crippen LogP contribution in [-0.2, 0) is 4.74 Å². The minimum absolute atomic E-state index is 0. The fraction of sp³-hybridized carbons (Fsp3) is 0.455. The third-order valence-electron chi connectivity index (χ3n) is 2.31. The van der Waals surface area contributed by atoms with Crippen LogP contribution in [0, 0.1) is 0 Å². The lowest BCUT2D eigenvalue weighted by molar-refractivity contribution is 0.0989. The van der Waals surface area contributed by atoms with E-state index >= 15 is 0 Å². The van der Waals surface area contributed by atoms with Crippen molar-refractivity contribution in [2.75, 3.05) is 6.61 Å². The third-order valence-corrected chi connectivity index (χ3v) is 2.56. The second-order valence-electron chi connectivity index (χ2n) is 4.27. The predicted molar refractivity (Wildman–Crippen MR) is 64.6 cm³/mol. The molecule has 0 bridgehead atoms. The van der Waals surface area contributed by atoms with Crippen molar-refractivity contribution in [1.82, 2.24) is 5.32 Å². The molecule has 2 nitrogen and oxygen atoms in total. The van der Waals surface area contributed by atoms with E-state index in [1.54, 1.807) is 0 Å². The Morgan fingerprint density at radius 2 is 1.93 bits per heavy atom. The van der Waals surface area contributed by atoms with Gasteiger partial charge in [-0.3, -0.25) is 5.32 Å². The monoisotopic (exact) mass is 247 g/mol. The first-order chi connectivity index (χ1) is 6.57. The van der Waals surface area contributed by atoms with E-state index in [0.29, 0.717) is 0 Å². The second-order valence-corrected chi connectivity index (χ2v) is 4.71. The van der Waals surface area contributed by atoms with Crippen molar-refractivity contribution in [3.63, 3.8) is 0 Å². The fourth-order valence-electron chi connectivity index (χ4n) is 1.55. The summed E-state index contributed by atoms with van der Waals surface area (Å²) in [5, 5.41) is 4.16. The van der Waals surface area contributed by atoms with Crippen molar-refractivity contribution in [1.29, 1.82) is 0 Å². The molecule has 0 saturated carbocycles. The van der Waals surface area contributed by atoms with Gasteiger partial charge in [-0.25, -0.2) is 0 Å². The molecule has 1 saturated heterocycles. The fourth-order valence-corrected chi connectivity index (χ4v) is 1.67. The van der Waals surface area contributed by atoms with Crippen LogP contribution in [0.5, 0.6) is 0 Å². The summed E-state index contributed by atoms with van der Waals surface area (Å²) in [7, 11) is 0. The Kier molecular flexibility index (Phi) is 4.01. The Hall–Kier alpha value is -0.280. The Morgan fingerprint density at radius 1 is 1.33 bits per heavy atom. The normalized spacial score (nSPS) is 23.5. The van der Waals surface area contributed by atoms with E-state index in [1.165, 1.54) is 0 Å². The van der Waals surface area contributed by atoms with Crippen LogP contribution in [0.2, 0.25) is 5.02 Å². The van der Waals surface area contributed by atoms with E-state index in [1.807, 2.05) is 24.3 Å². The maximum atomic E-state index is 5.81. The molecule has 0 radical (unpaired) electrons. The molecule has 1 N–H and O–H groups in total. The molecule has 1 aliphatic rings. The third kappa shape index (κ3) is 3.08. The molecule has 84 valence electrons. The number of rotatable bonds is 1. The number of ether oxygens (including phenoxy) is 1. The van der Waals surface area contributed by atoms with Gasteiger partial charge in [0.1, 0.15) is 6.23 Å². The highest BCUT2D eigenvalue weighted by molar-refractivity contribution is 6.30. The first kappa shape index (κ1) is 12.8. The van der Waals surface area contributed by atoms with E-state index in [4.69, 9.17) is 16.3 Å². The van der Waals surface area contributed by atoms with Gasteiger partial charge in [0.15, 0.2) is 0 Å². The van der Waals surface area contributed by atoms with Crippen molar-refractivity contribution in [2.45, 2.75) is 25.6 Å². The highest BCUT2D eigenvalue weighted by Crippen LogP contribution is 2.26. The van der Waals surface area contributed by atoms with Crippen LogP contribution in [0.15, 0.2) is 24.3 Å². The topological polar surface area (TPSA) is 21.3 Å². The number of hydrogen-bond acceptors (Lipinski definition) is 2. The zero-order valence-corrected chi connectivity index (χ0v) is 10.4. The standard InChI is InChI=1S/C11H14ClNO.ClH/c1-11(2)7-14-10(13-11)8-3-5-9(12)6-4-8;/h3-6,10,13H,7H2,1-2H3;1H. The molecule has 2 rings (SSSR count). The molecular formula is C11H15Cl2NO. The second kappa shape index (κ2) is 4.71. The van der Waals surface area contributed by atoms with Crippen LogP contribution in [0.25, 0.3) is 0 Å². The van der Waals surface area contributed by atoms with Crippen molar-refractivity contribution >= 4 is 24.0 Å². The predicted octanol–water partition coefficient (Wildman–Crippen LogP) is 3.16. The van der Waals surface area contributed by atoms with Crippen LogP contribution in [0.4, 0.5) is 0 Å². The van der Waals surface area contributed by atoms with Gasteiger partial charge < -0.3 is 4.74 Å². The van der Waals surface area contributed by atoms with Gasteiger partial charge in [0.25, 0.3) is 0 Å². The maximum Gasteiger partial charge on any atom is 0.134 e. The summed E-state index contributed by atoms with van der Waals surface area (Å²) in [5.41, 5.74) is 1.18. The van der Waals surface area contributed by atoms with Crippen LogP contribution < -0.4 is 5.32 Å². The van der Waals surface area contributed by atoms with E-state index in [2.05, 4.69) is 19.2 Å². The Morgan fingerprint density at radius 3 is 2.40 bits per heavy atom. The van der Waals surface area contributed by atoms with Gasteiger partial charge in [-0.1, -0.05) is 23.7 Å². The molecule has 0 aliphatic carbocycles. The molecule has 0 amide bonds. The summed E-state index contributed by atoms with van der Waals surface area (Å²) in [6.07, 6.45) is 0.00210. The largest absolute Gasteiger partial charge is 0.357 e. The minimum Gasteiger partial charge on any atom is -0.357 e.